The van der Waals surface area contributed by atoms with Crippen LogP contribution in [0.4, 0.5) is 0 Å². The van der Waals surface area contributed by atoms with Crippen LogP contribution in [0.15, 0.2) is 20.2 Å². The van der Waals surface area contributed by atoms with Crippen LogP contribution in [0.5, 0.6) is 0 Å². The van der Waals surface area contributed by atoms with E-state index in [4.69, 9.17) is 4.52 Å². The minimum Gasteiger partial charge on any atom is -0.353 e. The number of hydrogen-bond donors (Lipinski definition) is 1. The van der Waals surface area contributed by atoms with E-state index in [-0.39, 0.29) is 28.6 Å². The molecule has 146 valence electrons. The van der Waals surface area contributed by atoms with Crippen LogP contribution in [0.25, 0.3) is 11.4 Å². The normalized spacial score (nSPS) is 21.3. The molecule has 1 aliphatic heterocycles. The van der Waals surface area contributed by atoms with E-state index in [1.54, 1.807) is 11.4 Å². The molecule has 0 spiro atoms. The minimum absolute atomic E-state index is 0.0249. The third-order valence-electron chi connectivity index (χ3n) is 4.88. The number of carbonyl (C=O) groups is 1. The summed E-state index contributed by atoms with van der Waals surface area (Å²) in [5, 5.41) is 8.60. The molecule has 8 nitrogen and oxygen atoms in total. The molecule has 1 atom stereocenters. The van der Waals surface area contributed by atoms with E-state index < -0.39 is 10.0 Å². The smallest absolute Gasteiger partial charge is 0.252 e. The van der Waals surface area contributed by atoms with Gasteiger partial charge in [-0.05, 0) is 31.7 Å². The fourth-order valence-electron chi connectivity index (χ4n) is 3.13. The van der Waals surface area contributed by atoms with Gasteiger partial charge in [-0.2, -0.15) is 9.29 Å². The summed E-state index contributed by atoms with van der Waals surface area (Å²) in [5.74, 6) is 0.604. The Kier molecular flexibility index (Phi) is 5.04. The number of thiophene rings is 1. The van der Waals surface area contributed by atoms with Crippen LogP contribution in [-0.2, 0) is 21.2 Å². The van der Waals surface area contributed by atoms with Crippen LogP contribution in [-0.4, -0.2) is 47.9 Å². The first kappa shape index (κ1) is 18.6. The Balaban J connectivity index is 1.49. The molecule has 1 aliphatic carbocycles. The molecule has 1 saturated carbocycles. The highest BCUT2D eigenvalue weighted by Crippen LogP contribution is 2.31. The number of nitrogens with one attached hydrogen (secondary N) is 1. The van der Waals surface area contributed by atoms with Gasteiger partial charge in [-0.15, -0.1) is 11.3 Å². The number of sulfonamides is 1. The van der Waals surface area contributed by atoms with Crippen molar-refractivity contribution >= 4 is 27.3 Å². The molecule has 2 aromatic rings. The van der Waals surface area contributed by atoms with Crippen molar-refractivity contribution in [1.29, 1.82) is 0 Å². The lowest BCUT2D eigenvalue weighted by Crippen LogP contribution is -2.45. The molecule has 1 saturated heterocycles. The molecule has 0 radical (unpaired) electrons. The second-order valence-electron chi connectivity index (χ2n) is 7.00. The molecule has 0 aromatic carbocycles. The molecule has 2 aliphatic rings. The van der Waals surface area contributed by atoms with Crippen LogP contribution in [0.1, 0.15) is 38.5 Å². The highest BCUT2D eigenvalue weighted by atomic mass is 32.2. The van der Waals surface area contributed by atoms with Gasteiger partial charge < -0.3 is 9.84 Å². The zero-order chi connectivity index (χ0) is 19.0. The third kappa shape index (κ3) is 3.92. The monoisotopic (exact) mass is 410 g/mol. The summed E-state index contributed by atoms with van der Waals surface area (Å²) in [6.07, 6.45) is 4.08. The summed E-state index contributed by atoms with van der Waals surface area (Å²) in [6, 6.07) is 1.87. The van der Waals surface area contributed by atoms with Crippen LogP contribution >= 0.6 is 11.3 Å². The number of aromatic nitrogens is 2. The maximum atomic E-state index is 13.0. The number of hydrogen-bond acceptors (Lipinski definition) is 7. The van der Waals surface area contributed by atoms with E-state index in [1.165, 1.54) is 4.31 Å². The van der Waals surface area contributed by atoms with Crippen molar-refractivity contribution in [3.63, 3.8) is 0 Å². The summed E-state index contributed by atoms with van der Waals surface area (Å²) < 4.78 is 32.8. The molecule has 0 bridgehead atoms. The highest BCUT2D eigenvalue weighted by molar-refractivity contribution is 7.91. The van der Waals surface area contributed by atoms with Crippen molar-refractivity contribution in [2.75, 3.05) is 13.1 Å². The Hall–Kier alpha value is -1.78. The first-order chi connectivity index (χ1) is 13.0. The van der Waals surface area contributed by atoms with Gasteiger partial charge in [0, 0.05) is 36.5 Å². The van der Waals surface area contributed by atoms with Crippen LogP contribution < -0.4 is 5.32 Å². The lowest BCUT2D eigenvalue weighted by atomic mass is 9.99. The molecule has 10 heteroatoms. The maximum absolute atomic E-state index is 13.0. The van der Waals surface area contributed by atoms with Gasteiger partial charge in [-0.3, -0.25) is 4.79 Å². The van der Waals surface area contributed by atoms with Crippen molar-refractivity contribution in [1.82, 2.24) is 19.8 Å². The van der Waals surface area contributed by atoms with Crippen molar-refractivity contribution in [2.24, 2.45) is 5.92 Å². The van der Waals surface area contributed by atoms with E-state index in [0.717, 1.165) is 30.6 Å². The molecular weight excluding hydrogens is 388 g/mol. The average molecular weight is 411 g/mol. The first-order valence-electron chi connectivity index (χ1n) is 9.19. The summed E-state index contributed by atoms with van der Waals surface area (Å²) in [6.45, 7) is 2.58. The van der Waals surface area contributed by atoms with Gasteiger partial charge in [-0.25, -0.2) is 8.42 Å². The number of rotatable bonds is 6. The van der Waals surface area contributed by atoms with E-state index in [1.807, 2.05) is 6.92 Å². The Morgan fingerprint density at radius 3 is 2.93 bits per heavy atom. The number of aryl methyl sites for hydroxylation is 1. The van der Waals surface area contributed by atoms with Crippen molar-refractivity contribution in [3.8, 4) is 11.4 Å². The number of amides is 1. The van der Waals surface area contributed by atoms with Crippen molar-refractivity contribution < 1.29 is 17.7 Å². The maximum Gasteiger partial charge on any atom is 0.252 e. The van der Waals surface area contributed by atoms with Gasteiger partial charge >= 0.3 is 0 Å². The molecule has 1 unspecified atom stereocenters. The molecule has 1 N–H and O–H groups in total. The van der Waals surface area contributed by atoms with E-state index in [0.29, 0.717) is 36.7 Å². The van der Waals surface area contributed by atoms with Gasteiger partial charge in [-0.1, -0.05) is 12.1 Å². The summed E-state index contributed by atoms with van der Waals surface area (Å²) in [7, 11) is -3.64. The summed E-state index contributed by atoms with van der Waals surface area (Å²) in [4.78, 5) is 16.6. The van der Waals surface area contributed by atoms with Gasteiger partial charge in [0.15, 0.2) is 0 Å². The van der Waals surface area contributed by atoms with E-state index in [2.05, 4.69) is 15.5 Å². The Morgan fingerprint density at radius 1 is 1.41 bits per heavy atom. The molecular formula is C17H22N4O4S2. The molecule has 2 aromatic heterocycles. The second kappa shape index (κ2) is 7.33. The first-order valence-corrected chi connectivity index (χ1v) is 11.5. The molecule has 4 rings (SSSR count). The quantitative estimate of drug-likeness (QED) is 0.781. The minimum atomic E-state index is -3.64. The zero-order valence-corrected chi connectivity index (χ0v) is 16.7. The average Bonchev–Trinajstić information content (AvgIpc) is 3.15. The lowest BCUT2D eigenvalue weighted by molar-refractivity contribution is -0.126. The van der Waals surface area contributed by atoms with E-state index >= 15 is 0 Å². The molecule has 2 fully saturated rings. The van der Waals surface area contributed by atoms with Crippen LogP contribution in [0.2, 0.25) is 0 Å². The van der Waals surface area contributed by atoms with Gasteiger partial charge in [0.1, 0.15) is 4.21 Å². The lowest BCUT2D eigenvalue weighted by Gasteiger charge is -2.30. The van der Waals surface area contributed by atoms with Gasteiger partial charge in [0.05, 0.1) is 5.92 Å². The SMILES string of the molecule is CCc1nc(-c2csc(S(=O)(=O)N3CCCC(C(=O)NC4CC4)C3)c2)no1. The molecule has 1 amide bonds. The predicted molar refractivity (Wildman–Crippen MR) is 99.6 cm³/mol. The number of carbonyl (C=O) groups excluding carboxylic acids is 1. The third-order valence-corrected chi connectivity index (χ3v) is 8.16. The Bertz CT molecular complexity index is 932. The Morgan fingerprint density at radius 2 is 2.22 bits per heavy atom. The standard InChI is InChI=1S/C17H22N4O4S2/c1-2-14-19-16(20-25-14)12-8-15(26-10-12)27(23,24)21-7-3-4-11(9-21)17(22)18-13-5-6-13/h8,10-11,13H,2-7,9H2,1H3,(H,18,22). The fourth-order valence-corrected chi connectivity index (χ4v) is 5.97. The van der Waals surface area contributed by atoms with Crippen LogP contribution in [0.3, 0.4) is 0 Å². The van der Waals surface area contributed by atoms with Crippen molar-refractivity contribution in [3.05, 3.63) is 17.3 Å². The topological polar surface area (TPSA) is 105 Å². The van der Waals surface area contributed by atoms with Gasteiger partial charge in [0.2, 0.25) is 17.6 Å². The predicted octanol–water partition coefficient (Wildman–Crippen LogP) is 2.04. The van der Waals surface area contributed by atoms with Crippen molar-refractivity contribution in [2.45, 2.75) is 49.3 Å². The number of nitrogens with zero attached hydrogens (tertiary/aromatic N) is 3. The van der Waals surface area contributed by atoms with Gasteiger partial charge in [0.25, 0.3) is 10.0 Å². The zero-order valence-electron chi connectivity index (χ0n) is 15.1. The summed E-state index contributed by atoms with van der Waals surface area (Å²) in [5.41, 5.74) is 0.627. The van der Waals surface area contributed by atoms with E-state index in [9.17, 15) is 13.2 Å². The number of piperidine rings is 1. The largest absolute Gasteiger partial charge is 0.353 e. The van der Waals surface area contributed by atoms with Crippen LogP contribution in [0, 0.1) is 5.92 Å². The highest BCUT2D eigenvalue weighted by Gasteiger charge is 2.36. The Labute approximate surface area is 162 Å². The summed E-state index contributed by atoms with van der Waals surface area (Å²) >= 11 is 1.14. The fraction of sp³-hybridized carbons (Fsp3) is 0.588. The molecule has 3 heterocycles. The second-order valence-corrected chi connectivity index (χ2v) is 10.1. The molecule has 27 heavy (non-hydrogen) atoms.